The molecule has 1 aliphatic heterocycles. The molecule has 0 unspecified atom stereocenters. The summed E-state index contributed by atoms with van der Waals surface area (Å²) in [5.41, 5.74) is 4.11. The standard InChI is InChI=1S/C43H37F5N4O9S.C18H12N2.C12H8N2.Rh/c1-22-5-7-49-28(15-22)29-16-23(6-8-50-29)3-2-4-34(55)51-9-11-59-13-14-60-12-10-52-35(56)21-62-42-40(47)37(38(43(57)58)39(46)41(42)48)36-24-17-26(44)30(53)19-32(24)61-33-20-31(54)27(45)18-25(33)36;19-17-15-8-4-3-7-13(15)14-10-9-11-5-1-2-6-12(11)16(14)18(17)20;1-3-9-5-6-10-4-2-8-14-12(10)11(9)13-7-1;/h5-8,15-20,53H,2-4,9-14,21H2,1H3,(H,51,55)(H,52,56)(H,57,58);1-10,19-20H;1-8H;/q;;;+2/p-2. The molecule has 10 aromatic rings. The van der Waals surface area contributed by atoms with E-state index in [0.717, 1.165) is 77.3 Å². The topological polar surface area (TPSA) is 269 Å². The van der Waals surface area contributed by atoms with E-state index >= 15 is 13.2 Å². The third-order valence-electron chi connectivity index (χ3n) is 15.5. The number of carbonyl (C=O) groups excluding carboxylic acids is 3. The maximum Gasteiger partial charge on any atom is 2.00 e. The molecule has 3 aliphatic rings. The van der Waals surface area contributed by atoms with Gasteiger partial charge in [-0.25, -0.2) is 22.0 Å². The Balaban J connectivity index is 0.000000232. The molecule has 2 amide bonds. The van der Waals surface area contributed by atoms with Crippen molar-refractivity contribution in [2.45, 2.75) is 31.1 Å². The number of thioether (sulfide) groups is 1. The van der Waals surface area contributed by atoms with Crippen LogP contribution in [0.5, 0.6) is 5.75 Å². The third-order valence-corrected chi connectivity index (χ3v) is 16.6. The van der Waals surface area contributed by atoms with Crippen LogP contribution in [0.4, 0.5) is 22.0 Å². The van der Waals surface area contributed by atoms with Crippen LogP contribution >= 0.6 is 11.8 Å². The number of benzene rings is 7. The van der Waals surface area contributed by atoms with Gasteiger partial charge < -0.3 is 39.5 Å². The number of halogens is 5. The van der Waals surface area contributed by atoms with Gasteiger partial charge >= 0.3 is 19.5 Å². The quantitative estimate of drug-likeness (QED) is 0.0112. The summed E-state index contributed by atoms with van der Waals surface area (Å²) in [6, 6.07) is 42.1. The third kappa shape index (κ3) is 15.6. The summed E-state index contributed by atoms with van der Waals surface area (Å²) in [6.07, 6.45) is 8.71. The van der Waals surface area contributed by atoms with Gasteiger partial charge in [0, 0.05) is 99.9 Å². The summed E-state index contributed by atoms with van der Waals surface area (Å²) >= 11 is 0.150. The number of hydrogen-bond acceptors (Lipinski definition) is 16. The number of carboxylic acid groups (broad SMARTS) is 1. The second-order valence-corrected chi connectivity index (χ2v) is 22.9. The monoisotopic (exact) mass is 1420 g/mol. The van der Waals surface area contributed by atoms with Crippen LogP contribution in [0.1, 0.15) is 45.5 Å². The average molecular weight is 1420 g/mol. The van der Waals surface area contributed by atoms with E-state index < -0.39 is 102 Å². The van der Waals surface area contributed by atoms with Crippen LogP contribution in [0.25, 0.3) is 88.5 Å². The fourth-order valence-electron chi connectivity index (χ4n) is 11.0. The van der Waals surface area contributed by atoms with Crippen LogP contribution in [0.15, 0.2) is 184 Å². The number of fused-ring (bicyclic) bond motifs is 10. The number of hydrogen-bond donors (Lipinski definition) is 4. The SMILES string of the molecule is Cc1ccnc(-c2cc(CCCC(=O)NCCOCCOCCNC(=O)CSc3c(F)c(F)c(C(=O)[O-])c(-c4c5cc(F)c(=O)cc-5oc5cc([O-])c(F)cc45)c3F)ccn2)c1.N=C1C(=N)c2c(ccc3ccccc23)-c2ccccc21.[Rh+2].c1cnc2c(c1)ccc1cccnc12. The van der Waals surface area contributed by atoms with Crippen molar-refractivity contribution in [2.75, 3.05) is 45.3 Å². The molecule has 13 rings (SSSR count). The van der Waals surface area contributed by atoms with Crippen molar-refractivity contribution in [3.8, 4) is 50.7 Å². The van der Waals surface area contributed by atoms with Crippen molar-refractivity contribution in [1.82, 2.24) is 30.6 Å². The maximum atomic E-state index is 16.4. The Hall–Kier alpha value is -10.5. The summed E-state index contributed by atoms with van der Waals surface area (Å²) in [5.74, 6) is -14.5. The molecular weight excluding hydrogens is 1360 g/mol. The Kier molecular flexibility index (Phi) is 22.4. The summed E-state index contributed by atoms with van der Waals surface area (Å²) in [6.45, 7) is 2.73. The number of aryl methyl sites for hydroxylation is 2. The molecule has 0 fully saturated rings. The first-order valence-electron chi connectivity index (χ1n) is 30.0. The molecule has 6 aromatic carbocycles. The van der Waals surface area contributed by atoms with Gasteiger partial charge in [-0.2, -0.15) is 0 Å². The largest absolute Gasteiger partial charge is 2.00 e. The summed E-state index contributed by atoms with van der Waals surface area (Å²) < 4.78 is 92.4. The number of nitrogens with zero attached hydrogens (tertiary/aromatic N) is 4. The molecule has 0 saturated heterocycles. The first kappa shape index (κ1) is 69.3. The normalized spacial score (nSPS) is 11.5. The van der Waals surface area contributed by atoms with Crippen LogP contribution < -0.4 is 26.3 Å². The fourth-order valence-corrected chi connectivity index (χ4v) is 11.8. The zero-order chi connectivity index (χ0) is 67.6. The molecule has 5 heterocycles. The van der Waals surface area contributed by atoms with Gasteiger partial charge in [-0.05, 0) is 107 Å². The van der Waals surface area contributed by atoms with E-state index in [4.69, 9.17) is 24.7 Å². The number of nitrogens with one attached hydrogen (secondary N) is 4. The predicted molar refractivity (Wildman–Crippen MR) is 352 cm³/mol. The first-order valence-corrected chi connectivity index (χ1v) is 31.0. The van der Waals surface area contributed by atoms with Crippen LogP contribution in [-0.2, 0) is 45.0 Å². The van der Waals surface area contributed by atoms with Crippen molar-refractivity contribution >= 4 is 84.5 Å². The Morgan fingerprint density at radius 1 is 0.577 bits per heavy atom. The van der Waals surface area contributed by atoms with E-state index in [1.165, 1.54) is 0 Å². The molecule has 1 radical (unpaired) electrons. The Bertz CT molecular complexity index is 5010. The van der Waals surface area contributed by atoms with E-state index in [1.807, 2.05) is 91.9 Å². The molecule has 4 aromatic heterocycles. The predicted octanol–water partition coefficient (Wildman–Crippen LogP) is 11.9. The van der Waals surface area contributed by atoms with Crippen LogP contribution in [0.2, 0.25) is 0 Å². The minimum atomic E-state index is -2.42. The molecular formula is C73H55F5N8O9RhS. The van der Waals surface area contributed by atoms with E-state index in [1.54, 1.807) is 24.8 Å². The van der Waals surface area contributed by atoms with E-state index in [-0.39, 0.29) is 76.7 Å². The van der Waals surface area contributed by atoms with Gasteiger partial charge in [0.2, 0.25) is 17.2 Å². The number of aromatic nitrogens is 4. The molecule has 24 heteroatoms. The van der Waals surface area contributed by atoms with E-state index in [0.29, 0.717) is 55.0 Å². The number of pyridine rings is 4. The van der Waals surface area contributed by atoms with Gasteiger partial charge in [0.15, 0.2) is 17.5 Å². The van der Waals surface area contributed by atoms with Gasteiger partial charge in [-0.15, -0.1) is 11.8 Å². The molecule has 4 N–H and O–H groups in total. The van der Waals surface area contributed by atoms with Gasteiger partial charge in [0.05, 0.1) is 76.9 Å². The van der Waals surface area contributed by atoms with Gasteiger partial charge in [-0.3, -0.25) is 45.1 Å². The number of aromatic carboxylic acids is 1. The zero-order valence-electron chi connectivity index (χ0n) is 51.3. The summed E-state index contributed by atoms with van der Waals surface area (Å²) in [7, 11) is 0. The Morgan fingerprint density at radius 2 is 1.21 bits per heavy atom. The zero-order valence-corrected chi connectivity index (χ0v) is 53.8. The van der Waals surface area contributed by atoms with Crippen LogP contribution in [0.3, 0.4) is 0 Å². The molecule has 491 valence electrons. The van der Waals surface area contributed by atoms with Crippen molar-refractivity contribution in [1.29, 1.82) is 10.8 Å². The molecule has 97 heavy (non-hydrogen) atoms. The molecule has 0 spiro atoms. The smallest absolute Gasteiger partial charge is 0.870 e. The Labute approximate surface area is 567 Å². The molecule has 0 saturated carbocycles. The van der Waals surface area contributed by atoms with Crippen LogP contribution in [0, 0.1) is 46.8 Å². The molecule has 2 aliphatic carbocycles. The van der Waals surface area contributed by atoms with E-state index in [9.17, 15) is 38.2 Å². The number of carbonyl (C=O) groups is 3. The average Bonchev–Trinajstić information content (AvgIpc) is 0.736. The molecule has 0 atom stereocenters. The van der Waals surface area contributed by atoms with Crippen molar-refractivity contribution in [3.63, 3.8) is 0 Å². The van der Waals surface area contributed by atoms with Gasteiger partial charge in [0.1, 0.15) is 23.0 Å². The fraction of sp³-hybridized carbons (Fsp3) is 0.151. The first-order chi connectivity index (χ1) is 46.4. The van der Waals surface area contributed by atoms with Crippen LogP contribution in [-0.4, -0.2) is 94.4 Å². The summed E-state index contributed by atoms with van der Waals surface area (Å²) in [4.78, 5) is 65.3. The molecule has 17 nitrogen and oxygen atoms in total. The number of carboxylic acids is 1. The van der Waals surface area contributed by atoms with E-state index in [2.05, 4.69) is 67.0 Å². The maximum absolute atomic E-state index is 16.4. The number of ether oxygens (including phenoxy) is 2. The number of rotatable bonds is 19. The van der Waals surface area contributed by atoms with Crippen molar-refractivity contribution < 1.29 is 79.9 Å². The second-order valence-electron chi connectivity index (χ2n) is 21.9. The minimum absolute atomic E-state index is 0. The molecule has 0 bridgehead atoms. The minimum Gasteiger partial charge on any atom is -0.870 e. The van der Waals surface area contributed by atoms with Crippen molar-refractivity contribution in [3.05, 3.63) is 238 Å². The second kappa shape index (κ2) is 31.4. The summed E-state index contributed by atoms with van der Waals surface area (Å²) in [5, 5.41) is 49.9. The van der Waals surface area contributed by atoms with Gasteiger partial charge in [0.25, 0.3) is 0 Å². The Morgan fingerprint density at radius 3 is 1.90 bits per heavy atom. The number of amides is 2. The van der Waals surface area contributed by atoms with Gasteiger partial charge in [-0.1, -0.05) is 90.7 Å². The van der Waals surface area contributed by atoms with Crippen molar-refractivity contribution in [2.24, 2.45) is 0 Å².